The lowest BCUT2D eigenvalue weighted by atomic mass is 9.77. The Morgan fingerprint density at radius 2 is 1.74 bits per heavy atom. The monoisotopic (exact) mass is 278 g/mol. The molecule has 1 nitrogen and oxygen atoms in total. The van der Waals surface area contributed by atoms with Gasteiger partial charge in [0.25, 0.3) is 0 Å². The van der Waals surface area contributed by atoms with Crippen LogP contribution in [0.3, 0.4) is 0 Å². The van der Waals surface area contributed by atoms with E-state index >= 15 is 0 Å². The second-order valence-corrected chi connectivity index (χ2v) is 6.97. The third-order valence-electron chi connectivity index (χ3n) is 4.45. The number of hydrogen-bond donors (Lipinski definition) is 1. The number of rotatable bonds is 5. The molecule has 2 rings (SSSR count). The zero-order valence-electron chi connectivity index (χ0n) is 12.1. The van der Waals surface area contributed by atoms with Gasteiger partial charge < -0.3 is 5.11 Å². The molecule has 0 aliphatic heterocycles. The third-order valence-corrected chi connectivity index (χ3v) is 5.34. The number of hydrogen-bond acceptors (Lipinski definition) is 2. The van der Waals surface area contributed by atoms with Crippen LogP contribution in [0.4, 0.5) is 0 Å². The minimum absolute atomic E-state index is 0.265. The molecule has 1 aliphatic carbocycles. The van der Waals surface area contributed by atoms with Crippen molar-refractivity contribution in [3.05, 3.63) is 29.8 Å². The molecule has 1 saturated carbocycles. The number of benzene rings is 1. The lowest BCUT2D eigenvalue weighted by Crippen LogP contribution is -2.20. The fourth-order valence-electron chi connectivity index (χ4n) is 3.11. The van der Waals surface area contributed by atoms with E-state index in [1.54, 1.807) is 0 Å². The standard InChI is InChI=1S/C17H26OS/c1-3-13-5-7-14(8-6-13)17(18)15-9-11-16(12-10-15)19-4-2/h9-14,17-18H,3-8H2,1-2H3. The first-order valence-electron chi connectivity index (χ1n) is 7.65. The lowest BCUT2D eigenvalue weighted by molar-refractivity contribution is 0.0729. The summed E-state index contributed by atoms with van der Waals surface area (Å²) in [6.07, 6.45) is 5.99. The van der Waals surface area contributed by atoms with Crippen molar-refractivity contribution >= 4 is 11.8 Å². The van der Waals surface area contributed by atoms with Crippen LogP contribution in [0.25, 0.3) is 0 Å². The highest BCUT2D eigenvalue weighted by molar-refractivity contribution is 7.99. The quantitative estimate of drug-likeness (QED) is 0.761. The van der Waals surface area contributed by atoms with E-state index in [2.05, 4.69) is 38.1 Å². The predicted octanol–water partition coefficient (Wildman–Crippen LogP) is 5.05. The van der Waals surface area contributed by atoms with Gasteiger partial charge in [-0.2, -0.15) is 0 Å². The summed E-state index contributed by atoms with van der Waals surface area (Å²) in [6.45, 7) is 4.45. The highest BCUT2D eigenvalue weighted by Crippen LogP contribution is 2.38. The number of aliphatic hydroxyl groups excluding tert-OH is 1. The Balaban J connectivity index is 1.94. The highest BCUT2D eigenvalue weighted by Gasteiger charge is 2.26. The van der Waals surface area contributed by atoms with E-state index < -0.39 is 0 Å². The zero-order valence-corrected chi connectivity index (χ0v) is 13.0. The third kappa shape index (κ3) is 4.00. The first-order chi connectivity index (χ1) is 9.24. The SMILES string of the molecule is CCSc1ccc(C(O)C2CCC(CC)CC2)cc1. The van der Waals surface area contributed by atoms with Gasteiger partial charge in [0.2, 0.25) is 0 Å². The molecule has 1 atom stereocenters. The van der Waals surface area contributed by atoms with Gasteiger partial charge in [-0.1, -0.05) is 45.2 Å². The fourth-order valence-corrected chi connectivity index (χ4v) is 3.77. The maximum absolute atomic E-state index is 10.5. The largest absolute Gasteiger partial charge is 0.388 e. The molecule has 1 aromatic rings. The molecule has 0 bridgehead atoms. The second kappa shape index (κ2) is 7.35. The summed E-state index contributed by atoms with van der Waals surface area (Å²) >= 11 is 1.85. The smallest absolute Gasteiger partial charge is 0.0818 e. The van der Waals surface area contributed by atoms with Crippen LogP contribution in [0.5, 0.6) is 0 Å². The number of aliphatic hydroxyl groups is 1. The highest BCUT2D eigenvalue weighted by atomic mass is 32.2. The molecule has 1 unspecified atom stereocenters. The Labute approximate surface area is 121 Å². The molecule has 19 heavy (non-hydrogen) atoms. The van der Waals surface area contributed by atoms with Gasteiger partial charge in [0.15, 0.2) is 0 Å². The summed E-state index contributed by atoms with van der Waals surface area (Å²) in [6, 6.07) is 8.50. The van der Waals surface area contributed by atoms with Crippen LogP contribution in [-0.4, -0.2) is 10.9 Å². The van der Waals surface area contributed by atoms with Crippen molar-refractivity contribution in [1.29, 1.82) is 0 Å². The van der Waals surface area contributed by atoms with Crippen molar-refractivity contribution in [1.82, 2.24) is 0 Å². The summed E-state index contributed by atoms with van der Waals surface area (Å²) in [5, 5.41) is 10.5. The minimum atomic E-state index is -0.265. The Bertz CT molecular complexity index is 365. The summed E-state index contributed by atoms with van der Waals surface area (Å²) < 4.78 is 0. The van der Waals surface area contributed by atoms with Crippen molar-refractivity contribution < 1.29 is 5.11 Å². The molecule has 1 N–H and O–H groups in total. The summed E-state index contributed by atoms with van der Waals surface area (Å²) in [7, 11) is 0. The molecule has 2 heteroatoms. The van der Waals surface area contributed by atoms with Gasteiger partial charge in [0, 0.05) is 4.90 Å². The Morgan fingerprint density at radius 3 is 2.26 bits per heavy atom. The molecule has 0 aromatic heterocycles. The Hall–Kier alpha value is -0.470. The van der Waals surface area contributed by atoms with Crippen molar-refractivity contribution in [3.63, 3.8) is 0 Å². The van der Waals surface area contributed by atoms with Crippen LogP contribution in [0, 0.1) is 11.8 Å². The fraction of sp³-hybridized carbons (Fsp3) is 0.647. The van der Waals surface area contributed by atoms with Gasteiger partial charge in [-0.15, -0.1) is 11.8 Å². The van der Waals surface area contributed by atoms with E-state index in [0.29, 0.717) is 5.92 Å². The molecule has 0 radical (unpaired) electrons. The van der Waals surface area contributed by atoms with Gasteiger partial charge in [0.1, 0.15) is 0 Å². The average molecular weight is 278 g/mol. The van der Waals surface area contributed by atoms with Gasteiger partial charge in [-0.25, -0.2) is 0 Å². The molecule has 0 heterocycles. The summed E-state index contributed by atoms with van der Waals surface area (Å²) in [4.78, 5) is 1.30. The molecule has 1 aromatic carbocycles. The van der Waals surface area contributed by atoms with E-state index in [0.717, 1.165) is 17.2 Å². The number of thioether (sulfide) groups is 1. The molecule has 106 valence electrons. The Kier molecular flexibility index (Phi) is 5.77. The molecule has 0 saturated heterocycles. The van der Waals surface area contributed by atoms with Crippen molar-refractivity contribution in [2.75, 3.05) is 5.75 Å². The molecule has 1 fully saturated rings. The van der Waals surface area contributed by atoms with Crippen LogP contribution in [0.15, 0.2) is 29.2 Å². The van der Waals surface area contributed by atoms with E-state index in [-0.39, 0.29) is 6.10 Å². The first kappa shape index (κ1) is 14.9. The second-order valence-electron chi connectivity index (χ2n) is 5.64. The summed E-state index contributed by atoms with van der Waals surface area (Å²) in [5.74, 6) is 2.46. The molecule has 1 aliphatic rings. The van der Waals surface area contributed by atoms with E-state index in [1.807, 2.05) is 11.8 Å². The maximum atomic E-state index is 10.5. The van der Waals surface area contributed by atoms with E-state index in [4.69, 9.17) is 0 Å². The van der Waals surface area contributed by atoms with E-state index in [1.165, 1.54) is 37.0 Å². The minimum Gasteiger partial charge on any atom is -0.388 e. The topological polar surface area (TPSA) is 20.2 Å². The zero-order chi connectivity index (χ0) is 13.7. The predicted molar refractivity (Wildman–Crippen MR) is 83.5 cm³/mol. The molecular weight excluding hydrogens is 252 g/mol. The van der Waals surface area contributed by atoms with Crippen LogP contribution < -0.4 is 0 Å². The Morgan fingerprint density at radius 1 is 1.11 bits per heavy atom. The maximum Gasteiger partial charge on any atom is 0.0818 e. The van der Waals surface area contributed by atoms with Gasteiger partial charge >= 0.3 is 0 Å². The van der Waals surface area contributed by atoms with Crippen LogP contribution in [-0.2, 0) is 0 Å². The van der Waals surface area contributed by atoms with Crippen LogP contribution in [0.2, 0.25) is 0 Å². The molecular formula is C17H26OS. The molecule has 0 amide bonds. The average Bonchev–Trinajstić information content (AvgIpc) is 2.48. The van der Waals surface area contributed by atoms with Crippen LogP contribution >= 0.6 is 11.8 Å². The van der Waals surface area contributed by atoms with Gasteiger partial charge in [-0.3, -0.25) is 0 Å². The summed E-state index contributed by atoms with van der Waals surface area (Å²) in [5.41, 5.74) is 1.10. The first-order valence-corrected chi connectivity index (χ1v) is 8.64. The molecule has 0 spiro atoms. The van der Waals surface area contributed by atoms with Gasteiger partial charge in [-0.05, 0) is 48.1 Å². The van der Waals surface area contributed by atoms with Crippen molar-refractivity contribution in [2.45, 2.75) is 57.0 Å². The van der Waals surface area contributed by atoms with Gasteiger partial charge in [0.05, 0.1) is 6.10 Å². The van der Waals surface area contributed by atoms with Crippen molar-refractivity contribution in [2.24, 2.45) is 11.8 Å². The lowest BCUT2D eigenvalue weighted by Gasteiger charge is -2.31. The van der Waals surface area contributed by atoms with Crippen molar-refractivity contribution in [3.8, 4) is 0 Å². The normalized spacial score (nSPS) is 25.2. The van der Waals surface area contributed by atoms with E-state index in [9.17, 15) is 5.11 Å². The van der Waals surface area contributed by atoms with Crippen LogP contribution in [0.1, 0.15) is 57.6 Å².